The molecule has 2 rings (SSSR count). The Morgan fingerprint density at radius 1 is 1.33 bits per heavy atom. The molecule has 1 aromatic rings. The highest BCUT2D eigenvalue weighted by atomic mass is 32.1. The lowest BCUT2D eigenvalue weighted by molar-refractivity contribution is 0.204. The van der Waals surface area contributed by atoms with Crippen LogP contribution in [0, 0.1) is 6.92 Å². The van der Waals surface area contributed by atoms with Gasteiger partial charge in [-0.25, -0.2) is 4.98 Å². The maximum absolute atomic E-state index is 8.75. The average molecular weight is 268 g/mol. The number of aliphatic hydroxyl groups is 1. The predicted octanol–water partition coefficient (Wildman–Crippen LogP) is 2.79. The third-order valence-electron chi connectivity index (χ3n) is 3.71. The SMILES string of the molecule is Cc1csc(C2CCN(CCCCCO)CC2)n1. The summed E-state index contributed by atoms with van der Waals surface area (Å²) in [6.07, 6.45) is 5.85. The molecular weight excluding hydrogens is 244 g/mol. The van der Waals surface area contributed by atoms with Crippen molar-refractivity contribution in [2.24, 2.45) is 0 Å². The van der Waals surface area contributed by atoms with E-state index in [1.54, 1.807) is 0 Å². The Hall–Kier alpha value is -0.450. The van der Waals surface area contributed by atoms with Gasteiger partial charge in [-0.1, -0.05) is 0 Å². The van der Waals surface area contributed by atoms with Gasteiger partial charge in [-0.3, -0.25) is 0 Å². The minimum Gasteiger partial charge on any atom is -0.396 e. The standard InChI is InChI=1S/C14H24N2OS/c1-12-11-18-14(15-12)13-5-8-16(9-6-13)7-3-2-4-10-17/h11,13,17H,2-10H2,1H3. The summed E-state index contributed by atoms with van der Waals surface area (Å²) in [7, 11) is 0. The lowest BCUT2D eigenvalue weighted by Gasteiger charge is -2.31. The molecule has 1 aliphatic heterocycles. The van der Waals surface area contributed by atoms with Crippen LogP contribution in [-0.2, 0) is 0 Å². The second-order valence-electron chi connectivity index (χ2n) is 5.23. The van der Waals surface area contributed by atoms with Crippen LogP contribution in [0.2, 0.25) is 0 Å². The highest BCUT2D eigenvalue weighted by molar-refractivity contribution is 7.09. The molecule has 2 heterocycles. The second-order valence-corrected chi connectivity index (χ2v) is 6.12. The van der Waals surface area contributed by atoms with E-state index < -0.39 is 0 Å². The molecule has 3 nitrogen and oxygen atoms in total. The summed E-state index contributed by atoms with van der Waals surface area (Å²) >= 11 is 1.82. The molecule has 0 bridgehead atoms. The van der Waals surface area contributed by atoms with Gasteiger partial charge in [0.05, 0.1) is 5.01 Å². The first-order valence-electron chi connectivity index (χ1n) is 7.05. The van der Waals surface area contributed by atoms with Gasteiger partial charge in [0, 0.05) is 23.6 Å². The predicted molar refractivity (Wildman–Crippen MR) is 76.2 cm³/mol. The Morgan fingerprint density at radius 2 is 2.11 bits per heavy atom. The number of aromatic nitrogens is 1. The molecule has 0 aliphatic carbocycles. The van der Waals surface area contributed by atoms with E-state index in [4.69, 9.17) is 5.11 Å². The van der Waals surface area contributed by atoms with Crippen LogP contribution in [0.25, 0.3) is 0 Å². The van der Waals surface area contributed by atoms with E-state index >= 15 is 0 Å². The molecule has 1 aromatic heterocycles. The monoisotopic (exact) mass is 268 g/mol. The summed E-state index contributed by atoms with van der Waals surface area (Å²) < 4.78 is 0. The number of aliphatic hydroxyl groups excluding tert-OH is 1. The molecule has 1 aliphatic rings. The number of thiazole rings is 1. The van der Waals surface area contributed by atoms with Crippen molar-refractivity contribution in [3.05, 3.63) is 16.1 Å². The molecule has 0 unspecified atom stereocenters. The molecule has 4 heteroatoms. The van der Waals surface area contributed by atoms with E-state index in [0.29, 0.717) is 12.5 Å². The van der Waals surface area contributed by atoms with Crippen LogP contribution in [-0.4, -0.2) is 41.2 Å². The summed E-state index contributed by atoms with van der Waals surface area (Å²) in [6.45, 7) is 6.04. The van der Waals surface area contributed by atoms with Crippen LogP contribution in [0.1, 0.15) is 48.7 Å². The number of piperidine rings is 1. The molecule has 0 amide bonds. The highest BCUT2D eigenvalue weighted by Gasteiger charge is 2.22. The van der Waals surface area contributed by atoms with Gasteiger partial charge in [0.2, 0.25) is 0 Å². The fourth-order valence-corrected chi connectivity index (χ4v) is 3.56. The van der Waals surface area contributed by atoms with Crippen molar-refractivity contribution in [2.75, 3.05) is 26.2 Å². The molecule has 1 fully saturated rings. The van der Waals surface area contributed by atoms with Crippen LogP contribution < -0.4 is 0 Å². The summed E-state index contributed by atoms with van der Waals surface area (Å²) in [5.41, 5.74) is 1.17. The Morgan fingerprint density at radius 3 is 2.72 bits per heavy atom. The van der Waals surface area contributed by atoms with Crippen molar-refractivity contribution in [2.45, 2.75) is 44.9 Å². The fraction of sp³-hybridized carbons (Fsp3) is 0.786. The van der Waals surface area contributed by atoms with Crippen molar-refractivity contribution < 1.29 is 5.11 Å². The number of unbranched alkanes of at least 4 members (excludes halogenated alkanes) is 2. The van der Waals surface area contributed by atoms with Crippen LogP contribution in [0.4, 0.5) is 0 Å². The van der Waals surface area contributed by atoms with Crippen LogP contribution >= 0.6 is 11.3 Å². The van der Waals surface area contributed by atoms with Crippen LogP contribution in [0.3, 0.4) is 0 Å². The Bertz CT molecular complexity index is 345. The Kier molecular flexibility index (Phi) is 5.60. The van der Waals surface area contributed by atoms with E-state index in [0.717, 1.165) is 12.8 Å². The van der Waals surface area contributed by atoms with Gasteiger partial charge in [0.1, 0.15) is 0 Å². The minimum atomic E-state index is 0.339. The molecule has 0 atom stereocenters. The van der Waals surface area contributed by atoms with Gasteiger partial charge in [0.15, 0.2) is 0 Å². The number of likely N-dealkylation sites (tertiary alicyclic amines) is 1. The van der Waals surface area contributed by atoms with Gasteiger partial charge in [0.25, 0.3) is 0 Å². The minimum absolute atomic E-state index is 0.339. The van der Waals surface area contributed by atoms with Crippen molar-refractivity contribution >= 4 is 11.3 Å². The van der Waals surface area contributed by atoms with E-state index in [9.17, 15) is 0 Å². The normalized spacial score (nSPS) is 18.3. The first-order valence-corrected chi connectivity index (χ1v) is 7.93. The van der Waals surface area contributed by atoms with Crippen molar-refractivity contribution in [3.63, 3.8) is 0 Å². The number of hydrogen-bond acceptors (Lipinski definition) is 4. The van der Waals surface area contributed by atoms with Gasteiger partial charge in [-0.05, 0) is 58.7 Å². The van der Waals surface area contributed by atoms with Crippen LogP contribution in [0.15, 0.2) is 5.38 Å². The number of nitrogens with zero attached hydrogens (tertiary/aromatic N) is 2. The molecule has 102 valence electrons. The topological polar surface area (TPSA) is 36.4 Å². The van der Waals surface area contributed by atoms with Gasteiger partial charge < -0.3 is 10.0 Å². The molecule has 0 saturated carbocycles. The smallest absolute Gasteiger partial charge is 0.0960 e. The first-order chi connectivity index (χ1) is 8.79. The van der Waals surface area contributed by atoms with Gasteiger partial charge >= 0.3 is 0 Å². The van der Waals surface area contributed by atoms with E-state index in [-0.39, 0.29) is 0 Å². The summed E-state index contributed by atoms with van der Waals surface area (Å²) in [5.74, 6) is 0.692. The molecule has 1 saturated heterocycles. The Balaban J connectivity index is 1.68. The van der Waals surface area contributed by atoms with Crippen molar-refractivity contribution in [1.29, 1.82) is 0 Å². The maximum atomic E-state index is 8.75. The zero-order valence-corrected chi connectivity index (χ0v) is 12.1. The van der Waals surface area contributed by atoms with E-state index in [2.05, 4.69) is 22.2 Å². The molecule has 18 heavy (non-hydrogen) atoms. The average Bonchev–Trinajstić information content (AvgIpc) is 2.82. The third kappa shape index (κ3) is 4.04. The first kappa shape index (κ1) is 14.0. The zero-order chi connectivity index (χ0) is 12.8. The lowest BCUT2D eigenvalue weighted by atomic mass is 9.97. The van der Waals surface area contributed by atoms with Crippen molar-refractivity contribution in [1.82, 2.24) is 9.88 Å². The molecule has 1 N–H and O–H groups in total. The quantitative estimate of drug-likeness (QED) is 0.806. The summed E-state index contributed by atoms with van der Waals surface area (Å²) in [5, 5.41) is 12.3. The molecule has 0 radical (unpaired) electrons. The highest BCUT2D eigenvalue weighted by Crippen LogP contribution is 2.30. The third-order valence-corrected chi connectivity index (χ3v) is 4.83. The molecule has 0 aromatic carbocycles. The number of hydrogen-bond donors (Lipinski definition) is 1. The number of aryl methyl sites for hydroxylation is 1. The second kappa shape index (κ2) is 7.22. The van der Waals surface area contributed by atoms with Gasteiger partial charge in [-0.2, -0.15) is 0 Å². The zero-order valence-electron chi connectivity index (χ0n) is 11.3. The molecular formula is C14H24N2OS. The maximum Gasteiger partial charge on any atom is 0.0960 e. The Labute approximate surface area is 114 Å². The lowest BCUT2D eigenvalue weighted by Crippen LogP contribution is -2.33. The summed E-state index contributed by atoms with van der Waals surface area (Å²) in [6, 6.07) is 0. The molecule has 0 spiro atoms. The van der Waals surface area contributed by atoms with Crippen LogP contribution in [0.5, 0.6) is 0 Å². The number of rotatable bonds is 6. The summed E-state index contributed by atoms with van der Waals surface area (Å²) in [4.78, 5) is 7.18. The fourth-order valence-electron chi connectivity index (χ4n) is 2.59. The van der Waals surface area contributed by atoms with Crippen molar-refractivity contribution in [3.8, 4) is 0 Å². The largest absolute Gasteiger partial charge is 0.396 e. The van der Waals surface area contributed by atoms with Gasteiger partial charge in [-0.15, -0.1) is 11.3 Å². The van der Waals surface area contributed by atoms with E-state index in [1.165, 1.54) is 49.6 Å². The van der Waals surface area contributed by atoms with E-state index in [1.807, 2.05) is 11.3 Å².